The van der Waals surface area contributed by atoms with E-state index in [9.17, 15) is 5.11 Å². The van der Waals surface area contributed by atoms with Crippen molar-refractivity contribution < 1.29 is 5.11 Å². The zero-order valence-electron chi connectivity index (χ0n) is 11.2. The Morgan fingerprint density at radius 2 is 1.84 bits per heavy atom. The van der Waals surface area contributed by atoms with Crippen LogP contribution in [-0.4, -0.2) is 5.11 Å². The summed E-state index contributed by atoms with van der Waals surface area (Å²) in [5.74, 6) is 1.17. The zero-order chi connectivity index (χ0) is 13.2. The average molecular weight is 253 g/mol. The summed E-state index contributed by atoms with van der Waals surface area (Å²) in [5.41, 5.74) is 4.70. The van der Waals surface area contributed by atoms with Gasteiger partial charge in [-0.2, -0.15) is 0 Å². The monoisotopic (exact) mass is 253 g/mol. The highest BCUT2D eigenvalue weighted by atomic mass is 16.3. The standard InChI is InChI=1S/C17H19NO/c1-12-10-16(8-9-17(12)19)18-11-13-2-4-14(5-3-13)15-6-7-15/h2-5,8-10,15,18-19H,6-7,11H2,1H3. The molecule has 0 bridgehead atoms. The molecule has 0 unspecified atom stereocenters. The lowest BCUT2D eigenvalue weighted by molar-refractivity contribution is 0.471. The van der Waals surface area contributed by atoms with Gasteiger partial charge in [-0.05, 0) is 60.6 Å². The van der Waals surface area contributed by atoms with E-state index in [2.05, 4.69) is 29.6 Å². The molecule has 2 heteroatoms. The van der Waals surface area contributed by atoms with Crippen molar-refractivity contribution >= 4 is 5.69 Å². The Labute approximate surface area is 114 Å². The largest absolute Gasteiger partial charge is 0.508 e. The highest BCUT2D eigenvalue weighted by Crippen LogP contribution is 2.39. The Bertz CT molecular complexity index is 570. The van der Waals surface area contributed by atoms with E-state index in [1.807, 2.05) is 19.1 Å². The molecular formula is C17H19NO. The van der Waals surface area contributed by atoms with E-state index in [0.29, 0.717) is 5.75 Å². The molecule has 0 atom stereocenters. The summed E-state index contributed by atoms with van der Waals surface area (Å²) in [6.45, 7) is 2.72. The molecule has 1 saturated carbocycles. The van der Waals surface area contributed by atoms with E-state index in [1.54, 1.807) is 6.07 Å². The molecule has 19 heavy (non-hydrogen) atoms. The first-order chi connectivity index (χ1) is 9.22. The highest BCUT2D eigenvalue weighted by molar-refractivity contribution is 5.50. The van der Waals surface area contributed by atoms with Crippen LogP contribution in [0.3, 0.4) is 0 Å². The van der Waals surface area contributed by atoms with Gasteiger partial charge in [0.25, 0.3) is 0 Å². The number of aryl methyl sites for hydroxylation is 1. The molecule has 0 radical (unpaired) electrons. The molecule has 1 aliphatic rings. The van der Waals surface area contributed by atoms with Crippen LogP contribution in [-0.2, 0) is 6.54 Å². The normalized spacial score (nSPS) is 14.4. The van der Waals surface area contributed by atoms with E-state index in [-0.39, 0.29) is 0 Å². The summed E-state index contributed by atoms with van der Waals surface area (Å²) in [5, 5.41) is 12.9. The van der Waals surface area contributed by atoms with Crippen LogP contribution < -0.4 is 5.32 Å². The van der Waals surface area contributed by atoms with Gasteiger partial charge < -0.3 is 10.4 Å². The Kier molecular flexibility index (Phi) is 3.16. The van der Waals surface area contributed by atoms with Crippen LogP contribution in [0.2, 0.25) is 0 Å². The quantitative estimate of drug-likeness (QED) is 0.801. The summed E-state index contributed by atoms with van der Waals surface area (Å²) in [6, 6.07) is 14.5. The van der Waals surface area contributed by atoms with Crippen LogP contribution in [0.15, 0.2) is 42.5 Å². The fourth-order valence-corrected chi connectivity index (χ4v) is 2.29. The molecule has 0 aliphatic heterocycles. The van der Waals surface area contributed by atoms with E-state index < -0.39 is 0 Å². The number of benzene rings is 2. The molecule has 1 aliphatic carbocycles. The predicted molar refractivity (Wildman–Crippen MR) is 78.6 cm³/mol. The van der Waals surface area contributed by atoms with E-state index >= 15 is 0 Å². The zero-order valence-corrected chi connectivity index (χ0v) is 11.2. The minimum Gasteiger partial charge on any atom is -0.508 e. The molecule has 2 nitrogen and oxygen atoms in total. The van der Waals surface area contributed by atoms with Gasteiger partial charge in [0.2, 0.25) is 0 Å². The summed E-state index contributed by atoms with van der Waals surface area (Å²) < 4.78 is 0. The fraction of sp³-hybridized carbons (Fsp3) is 0.294. The van der Waals surface area contributed by atoms with Crippen molar-refractivity contribution in [3.05, 3.63) is 59.2 Å². The van der Waals surface area contributed by atoms with Gasteiger partial charge in [0.05, 0.1) is 0 Å². The summed E-state index contributed by atoms with van der Waals surface area (Å²) in [7, 11) is 0. The Hall–Kier alpha value is -1.96. The molecule has 0 heterocycles. The first-order valence-corrected chi connectivity index (χ1v) is 6.85. The van der Waals surface area contributed by atoms with Crippen LogP contribution in [0.5, 0.6) is 5.75 Å². The maximum Gasteiger partial charge on any atom is 0.118 e. The molecule has 0 amide bonds. The first-order valence-electron chi connectivity index (χ1n) is 6.85. The van der Waals surface area contributed by atoms with Crippen LogP contribution in [0.1, 0.15) is 35.4 Å². The summed E-state index contributed by atoms with van der Waals surface area (Å²) >= 11 is 0. The topological polar surface area (TPSA) is 32.3 Å². The van der Waals surface area contributed by atoms with Crippen molar-refractivity contribution in [3.8, 4) is 5.75 Å². The third-order valence-corrected chi connectivity index (χ3v) is 3.72. The number of phenolic OH excluding ortho intramolecular Hbond substituents is 1. The predicted octanol–water partition coefficient (Wildman–Crippen LogP) is 4.19. The van der Waals surface area contributed by atoms with Crippen molar-refractivity contribution in [2.75, 3.05) is 5.32 Å². The third-order valence-electron chi connectivity index (χ3n) is 3.72. The Balaban J connectivity index is 1.63. The number of hydrogen-bond acceptors (Lipinski definition) is 2. The minimum atomic E-state index is 0.347. The van der Waals surface area contributed by atoms with Crippen molar-refractivity contribution in [1.82, 2.24) is 0 Å². The molecule has 0 aromatic heterocycles. The molecular weight excluding hydrogens is 234 g/mol. The van der Waals surface area contributed by atoms with Gasteiger partial charge in [-0.15, -0.1) is 0 Å². The first kappa shape index (κ1) is 12.1. The van der Waals surface area contributed by atoms with E-state index in [4.69, 9.17) is 0 Å². The van der Waals surface area contributed by atoms with Crippen molar-refractivity contribution in [3.63, 3.8) is 0 Å². The highest BCUT2D eigenvalue weighted by Gasteiger charge is 2.22. The van der Waals surface area contributed by atoms with Gasteiger partial charge in [-0.3, -0.25) is 0 Å². The third kappa shape index (κ3) is 2.90. The number of aromatic hydroxyl groups is 1. The minimum absolute atomic E-state index is 0.347. The van der Waals surface area contributed by atoms with Gasteiger partial charge in [-0.25, -0.2) is 0 Å². The van der Waals surface area contributed by atoms with Gasteiger partial charge in [0.1, 0.15) is 5.75 Å². The number of rotatable bonds is 4. The SMILES string of the molecule is Cc1cc(NCc2ccc(C3CC3)cc2)ccc1O. The van der Waals surface area contributed by atoms with Gasteiger partial charge >= 0.3 is 0 Å². The van der Waals surface area contributed by atoms with Crippen molar-refractivity contribution in [1.29, 1.82) is 0 Å². The maximum absolute atomic E-state index is 9.49. The molecule has 3 rings (SSSR count). The number of phenols is 1. The van der Waals surface area contributed by atoms with E-state index in [0.717, 1.165) is 23.7 Å². The maximum atomic E-state index is 9.49. The van der Waals surface area contributed by atoms with Crippen LogP contribution in [0.25, 0.3) is 0 Å². The Morgan fingerprint density at radius 1 is 1.11 bits per heavy atom. The second kappa shape index (κ2) is 4.96. The second-order valence-corrected chi connectivity index (χ2v) is 5.37. The lowest BCUT2D eigenvalue weighted by Gasteiger charge is -2.09. The van der Waals surface area contributed by atoms with Gasteiger partial charge in [0, 0.05) is 12.2 Å². The number of hydrogen-bond donors (Lipinski definition) is 2. The smallest absolute Gasteiger partial charge is 0.118 e. The van der Waals surface area contributed by atoms with E-state index in [1.165, 1.54) is 24.0 Å². The van der Waals surface area contributed by atoms with Gasteiger partial charge in [-0.1, -0.05) is 24.3 Å². The fourth-order valence-electron chi connectivity index (χ4n) is 2.29. The van der Waals surface area contributed by atoms with Gasteiger partial charge in [0.15, 0.2) is 0 Å². The van der Waals surface area contributed by atoms with Crippen LogP contribution >= 0.6 is 0 Å². The molecule has 0 spiro atoms. The summed E-state index contributed by atoms with van der Waals surface area (Å²) in [6.07, 6.45) is 2.70. The van der Waals surface area contributed by atoms with Crippen molar-refractivity contribution in [2.24, 2.45) is 0 Å². The second-order valence-electron chi connectivity index (χ2n) is 5.37. The lowest BCUT2D eigenvalue weighted by Crippen LogP contribution is -1.99. The molecule has 2 N–H and O–H groups in total. The Morgan fingerprint density at radius 3 is 2.47 bits per heavy atom. The molecule has 0 saturated heterocycles. The molecule has 2 aromatic carbocycles. The molecule has 98 valence electrons. The average Bonchev–Trinajstić information content (AvgIpc) is 3.25. The lowest BCUT2D eigenvalue weighted by atomic mass is 10.1. The molecule has 2 aromatic rings. The van der Waals surface area contributed by atoms with Crippen molar-refractivity contribution in [2.45, 2.75) is 32.2 Å². The number of anilines is 1. The number of nitrogens with one attached hydrogen (secondary N) is 1. The van der Waals surface area contributed by atoms with Crippen LogP contribution in [0.4, 0.5) is 5.69 Å². The summed E-state index contributed by atoms with van der Waals surface area (Å²) in [4.78, 5) is 0. The van der Waals surface area contributed by atoms with Crippen LogP contribution in [0, 0.1) is 6.92 Å². The molecule has 1 fully saturated rings.